The van der Waals surface area contributed by atoms with Crippen molar-refractivity contribution in [2.75, 3.05) is 43.1 Å². The van der Waals surface area contributed by atoms with E-state index in [1.165, 1.54) is 0 Å². The molecule has 0 bridgehead atoms. The van der Waals surface area contributed by atoms with E-state index in [4.69, 9.17) is 4.74 Å². The fourth-order valence-corrected chi connectivity index (χ4v) is 5.20. The van der Waals surface area contributed by atoms with E-state index < -0.39 is 9.84 Å². The maximum atomic E-state index is 11.6. The first-order chi connectivity index (χ1) is 8.46. The van der Waals surface area contributed by atoms with Gasteiger partial charge >= 0.3 is 0 Å². The maximum Gasteiger partial charge on any atom is 0.153 e. The zero-order chi connectivity index (χ0) is 13.2. The lowest BCUT2D eigenvalue weighted by molar-refractivity contribution is 0.00359. The first kappa shape index (κ1) is 14.8. The molecule has 0 saturated carbocycles. The predicted octanol–water partition coefficient (Wildman–Crippen LogP) is 1.30. The predicted molar refractivity (Wildman–Crippen MR) is 76.0 cm³/mol. The van der Waals surface area contributed by atoms with E-state index in [-0.39, 0.29) is 11.5 Å². The molecule has 2 fully saturated rings. The lowest BCUT2D eigenvalue weighted by Gasteiger charge is -2.43. The smallest absolute Gasteiger partial charge is 0.153 e. The van der Waals surface area contributed by atoms with Gasteiger partial charge in [-0.25, -0.2) is 8.42 Å². The molecule has 0 amide bonds. The Morgan fingerprint density at radius 2 is 2.06 bits per heavy atom. The molecular weight excluding hydrogens is 318 g/mol. The molecule has 0 aromatic heterocycles. The lowest BCUT2D eigenvalue weighted by Crippen LogP contribution is -2.52. The van der Waals surface area contributed by atoms with Crippen LogP contribution in [0.4, 0.5) is 0 Å². The first-order valence-electron chi connectivity index (χ1n) is 6.55. The summed E-state index contributed by atoms with van der Waals surface area (Å²) in [5.41, 5.74) is 0.258. The van der Waals surface area contributed by atoms with E-state index in [9.17, 15) is 8.42 Å². The average Bonchev–Trinajstić information content (AvgIpc) is 2.34. The van der Waals surface area contributed by atoms with Crippen molar-refractivity contribution in [3.8, 4) is 0 Å². The Hall–Kier alpha value is 0.350. The van der Waals surface area contributed by atoms with Crippen LogP contribution in [0, 0.1) is 5.41 Å². The second-order valence-corrected chi connectivity index (χ2v) is 8.47. The summed E-state index contributed by atoms with van der Waals surface area (Å²) >= 11 is 3.64. The molecule has 1 atom stereocenters. The fraction of sp³-hybridized carbons (Fsp3) is 1.00. The molecule has 2 aliphatic heterocycles. The van der Waals surface area contributed by atoms with E-state index in [1.54, 1.807) is 0 Å². The Morgan fingerprint density at radius 1 is 1.39 bits per heavy atom. The van der Waals surface area contributed by atoms with Crippen molar-refractivity contribution in [1.29, 1.82) is 0 Å². The third-order valence-corrected chi connectivity index (χ3v) is 7.17. The van der Waals surface area contributed by atoms with Crippen molar-refractivity contribution in [1.82, 2.24) is 4.90 Å². The van der Waals surface area contributed by atoms with E-state index in [0.717, 1.165) is 37.9 Å². The molecule has 1 unspecified atom stereocenters. The molecular formula is C12H22BrNO3S. The lowest BCUT2D eigenvalue weighted by atomic mass is 9.81. The summed E-state index contributed by atoms with van der Waals surface area (Å²) in [7, 11) is -2.81. The summed E-state index contributed by atoms with van der Waals surface area (Å²) in [6.45, 7) is 5.34. The highest BCUT2D eigenvalue weighted by Crippen LogP contribution is 2.34. The van der Waals surface area contributed by atoms with Crippen LogP contribution in [0.25, 0.3) is 0 Å². The summed E-state index contributed by atoms with van der Waals surface area (Å²) in [4.78, 5) is 2.34. The van der Waals surface area contributed by atoms with E-state index >= 15 is 0 Å². The average molecular weight is 340 g/mol. The van der Waals surface area contributed by atoms with Crippen molar-refractivity contribution >= 4 is 25.8 Å². The SMILES string of the molecule is CC1CS(=O)(=O)CCN1CC1(CBr)CCOCC1. The van der Waals surface area contributed by atoms with Gasteiger partial charge in [0, 0.05) is 37.7 Å². The molecule has 2 aliphatic rings. The van der Waals surface area contributed by atoms with Crippen LogP contribution in [0.3, 0.4) is 0 Å². The third-order valence-electron chi connectivity index (χ3n) is 4.18. The third kappa shape index (κ3) is 3.46. The van der Waals surface area contributed by atoms with Crippen LogP contribution in [0.2, 0.25) is 0 Å². The highest BCUT2D eigenvalue weighted by Gasteiger charge is 2.37. The van der Waals surface area contributed by atoms with Gasteiger partial charge in [-0.15, -0.1) is 0 Å². The van der Waals surface area contributed by atoms with Crippen molar-refractivity contribution in [2.24, 2.45) is 5.41 Å². The minimum atomic E-state index is -2.81. The summed E-state index contributed by atoms with van der Waals surface area (Å²) in [6, 6.07) is 0.141. The standard InChI is InChI=1S/C12H22BrNO3S/c1-11-8-18(15,16)7-4-14(11)10-12(9-13)2-5-17-6-3-12/h11H,2-10H2,1H3. The van der Waals surface area contributed by atoms with E-state index in [2.05, 4.69) is 20.8 Å². The van der Waals surface area contributed by atoms with E-state index in [0.29, 0.717) is 18.1 Å². The van der Waals surface area contributed by atoms with Crippen LogP contribution in [0.15, 0.2) is 0 Å². The van der Waals surface area contributed by atoms with Gasteiger partial charge in [-0.1, -0.05) is 15.9 Å². The Balaban J connectivity index is 2.00. The zero-order valence-electron chi connectivity index (χ0n) is 10.9. The van der Waals surface area contributed by atoms with Crippen molar-refractivity contribution in [3.63, 3.8) is 0 Å². The summed E-state index contributed by atoms with van der Waals surface area (Å²) in [5.74, 6) is 0.619. The molecule has 0 aromatic carbocycles. The number of rotatable bonds is 3. The van der Waals surface area contributed by atoms with Gasteiger partial charge in [-0.2, -0.15) is 0 Å². The topological polar surface area (TPSA) is 46.6 Å². The number of nitrogens with zero attached hydrogens (tertiary/aromatic N) is 1. The Morgan fingerprint density at radius 3 is 2.61 bits per heavy atom. The Labute approximate surface area is 118 Å². The number of alkyl halides is 1. The number of halogens is 1. The van der Waals surface area contributed by atoms with Crippen LogP contribution in [-0.4, -0.2) is 62.5 Å². The monoisotopic (exact) mass is 339 g/mol. The summed E-state index contributed by atoms with van der Waals surface area (Å²) in [6.07, 6.45) is 2.13. The zero-order valence-corrected chi connectivity index (χ0v) is 13.3. The normalized spacial score (nSPS) is 32.2. The molecule has 0 spiro atoms. The first-order valence-corrected chi connectivity index (χ1v) is 9.49. The molecule has 2 heterocycles. The van der Waals surface area contributed by atoms with Gasteiger partial charge in [-0.3, -0.25) is 4.90 Å². The molecule has 2 rings (SSSR count). The van der Waals surface area contributed by atoms with Gasteiger partial charge in [0.1, 0.15) is 0 Å². The number of hydrogen-bond donors (Lipinski definition) is 0. The van der Waals surface area contributed by atoms with Gasteiger partial charge in [0.15, 0.2) is 9.84 Å². The maximum absolute atomic E-state index is 11.6. The Kier molecular flexibility index (Phi) is 4.73. The number of ether oxygens (including phenoxy) is 1. The second kappa shape index (κ2) is 5.77. The quantitative estimate of drug-likeness (QED) is 0.727. The van der Waals surface area contributed by atoms with Gasteiger partial charge in [-0.05, 0) is 25.2 Å². The Bertz CT molecular complexity index is 379. The number of hydrogen-bond acceptors (Lipinski definition) is 4. The van der Waals surface area contributed by atoms with Crippen molar-refractivity contribution in [3.05, 3.63) is 0 Å². The van der Waals surface area contributed by atoms with Gasteiger partial charge in [0.2, 0.25) is 0 Å². The minimum absolute atomic E-state index is 0.141. The van der Waals surface area contributed by atoms with Crippen LogP contribution in [0.5, 0.6) is 0 Å². The molecule has 2 saturated heterocycles. The van der Waals surface area contributed by atoms with Crippen LogP contribution < -0.4 is 0 Å². The summed E-state index contributed by atoms with van der Waals surface area (Å²) in [5, 5.41) is 0.972. The summed E-state index contributed by atoms with van der Waals surface area (Å²) < 4.78 is 28.6. The van der Waals surface area contributed by atoms with Crippen LogP contribution in [-0.2, 0) is 14.6 Å². The van der Waals surface area contributed by atoms with E-state index in [1.807, 2.05) is 6.92 Å². The molecule has 4 nitrogen and oxygen atoms in total. The highest BCUT2D eigenvalue weighted by molar-refractivity contribution is 9.09. The molecule has 0 N–H and O–H groups in total. The molecule has 18 heavy (non-hydrogen) atoms. The number of sulfone groups is 1. The van der Waals surface area contributed by atoms with Gasteiger partial charge in [0.25, 0.3) is 0 Å². The van der Waals surface area contributed by atoms with Gasteiger partial charge in [0.05, 0.1) is 11.5 Å². The van der Waals surface area contributed by atoms with Crippen LogP contribution >= 0.6 is 15.9 Å². The molecule has 6 heteroatoms. The largest absolute Gasteiger partial charge is 0.381 e. The minimum Gasteiger partial charge on any atom is -0.381 e. The second-order valence-electron chi connectivity index (χ2n) is 5.68. The molecule has 106 valence electrons. The van der Waals surface area contributed by atoms with Crippen molar-refractivity contribution in [2.45, 2.75) is 25.8 Å². The van der Waals surface area contributed by atoms with Crippen molar-refractivity contribution < 1.29 is 13.2 Å². The highest BCUT2D eigenvalue weighted by atomic mass is 79.9. The fourth-order valence-electron chi connectivity index (χ4n) is 2.84. The van der Waals surface area contributed by atoms with Gasteiger partial charge < -0.3 is 4.74 Å². The molecule has 0 radical (unpaired) electrons. The molecule has 0 aromatic rings. The molecule has 0 aliphatic carbocycles. The van der Waals surface area contributed by atoms with Crippen LogP contribution in [0.1, 0.15) is 19.8 Å².